The molecule has 10 heteroatoms. The number of rotatable bonds is 7. The van der Waals surface area contributed by atoms with Crippen LogP contribution in [-0.2, 0) is 16.0 Å². The van der Waals surface area contributed by atoms with E-state index >= 15 is 0 Å². The molecule has 0 bridgehead atoms. The van der Waals surface area contributed by atoms with Crippen molar-refractivity contribution in [3.63, 3.8) is 0 Å². The van der Waals surface area contributed by atoms with Crippen molar-refractivity contribution in [3.8, 4) is 11.5 Å². The van der Waals surface area contributed by atoms with Gasteiger partial charge in [-0.05, 0) is 36.5 Å². The summed E-state index contributed by atoms with van der Waals surface area (Å²) in [5.41, 5.74) is 0.266. The van der Waals surface area contributed by atoms with Gasteiger partial charge in [0.2, 0.25) is 11.8 Å². The number of pyridine rings is 1. The van der Waals surface area contributed by atoms with Crippen LogP contribution in [0.5, 0.6) is 11.5 Å². The molecule has 2 aromatic carbocycles. The zero-order valence-corrected chi connectivity index (χ0v) is 18.5. The van der Waals surface area contributed by atoms with Gasteiger partial charge in [0.1, 0.15) is 11.6 Å². The fraction of sp³-hybridized carbons (Fsp3) is 0.167. The normalized spacial score (nSPS) is 13.0. The number of aromatic nitrogens is 2. The minimum absolute atomic E-state index is 0.00471. The van der Waals surface area contributed by atoms with Crippen LogP contribution in [0.15, 0.2) is 54.7 Å². The van der Waals surface area contributed by atoms with Gasteiger partial charge in [0.05, 0.1) is 22.5 Å². The van der Waals surface area contributed by atoms with E-state index in [0.717, 1.165) is 35.1 Å². The molecule has 172 valence electrons. The molecule has 7 nitrogen and oxygen atoms in total. The first kappa shape index (κ1) is 21.9. The number of carbonyl (C=O) groups is 2. The average Bonchev–Trinajstić information content (AvgIpc) is 3.60. The Labute approximate surface area is 196 Å². The van der Waals surface area contributed by atoms with E-state index < -0.39 is 17.5 Å². The molecule has 5 rings (SSSR count). The zero-order chi connectivity index (χ0) is 23.7. The summed E-state index contributed by atoms with van der Waals surface area (Å²) in [7, 11) is 0. The Kier molecular flexibility index (Phi) is 5.89. The van der Waals surface area contributed by atoms with Gasteiger partial charge in [-0.1, -0.05) is 18.2 Å². The van der Waals surface area contributed by atoms with Gasteiger partial charge >= 0.3 is 0 Å². The molecule has 0 atom stereocenters. The summed E-state index contributed by atoms with van der Waals surface area (Å²) < 4.78 is 39.9. The molecule has 34 heavy (non-hydrogen) atoms. The van der Waals surface area contributed by atoms with Gasteiger partial charge in [-0.3, -0.25) is 9.59 Å². The topological polar surface area (TPSA) is 93.2 Å². The number of nitrogens with one attached hydrogen (secondary N) is 2. The maximum atomic E-state index is 14.6. The minimum atomic E-state index is -0.865. The molecule has 1 fully saturated rings. The Morgan fingerprint density at radius 3 is 2.71 bits per heavy atom. The van der Waals surface area contributed by atoms with Crippen molar-refractivity contribution in [2.24, 2.45) is 5.92 Å². The predicted octanol–water partition coefficient (Wildman–Crippen LogP) is 5.29. The van der Waals surface area contributed by atoms with Crippen LogP contribution in [0.2, 0.25) is 0 Å². The highest BCUT2D eigenvalue weighted by molar-refractivity contribution is 7.13. The van der Waals surface area contributed by atoms with Gasteiger partial charge in [0.15, 0.2) is 17.4 Å². The van der Waals surface area contributed by atoms with Crippen molar-refractivity contribution >= 4 is 44.9 Å². The lowest BCUT2D eigenvalue weighted by atomic mass is 10.1. The highest BCUT2D eigenvalue weighted by Crippen LogP contribution is 2.32. The van der Waals surface area contributed by atoms with Gasteiger partial charge < -0.3 is 15.4 Å². The summed E-state index contributed by atoms with van der Waals surface area (Å²) in [4.78, 5) is 28.4. The van der Waals surface area contributed by atoms with Crippen LogP contribution >= 0.6 is 11.5 Å². The lowest BCUT2D eigenvalue weighted by Gasteiger charge is -2.11. The summed E-state index contributed by atoms with van der Waals surface area (Å²) in [6.07, 6.45) is 3.00. The molecular formula is C24H18F2N4O3S. The van der Waals surface area contributed by atoms with Crippen LogP contribution in [0.4, 0.5) is 20.3 Å². The number of fused-ring (bicyclic) bond motifs is 1. The lowest BCUT2D eigenvalue weighted by Crippen LogP contribution is -2.16. The van der Waals surface area contributed by atoms with Crippen LogP contribution in [0.25, 0.3) is 10.1 Å². The molecule has 0 aliphatic heterocycles. The second kappa shape index (κ2) is 9.14. The first-order valence-corrected chi connectivity index (χ1v) is 11.3. The Bertz CT molecular complexity index is 1400. The molecular weight excluding hydrogens is 462 g/mol. The van der Waals surface area contributed by atoms with Crippen molar-refractivity contribution in [2.75, 3.05) is 10.6 Å². The van der Waals surface area contributed by atoms with Crippen LogP contribution in [0.1, 0.15) is 18.5 Å². The number of halogens is 2. The van der Waals surface area contributed by atoms with E-state index in [1.165, 1.54) is 29.9 Å². The number of benzene rings is 2. The van der Waals surface area contributed by atoms with Crippen LogP contribution in [-0.4, -0.2) is 21.2 Å². The molecule has 0 radical (unpaired) electrons. The summed E-state index contributed by atoms with van der Waals surface area (Å²) in [6.45, 7) is 0. The maximum absolute atomic E-state index is 14.6. The fourth-order valence-electron chi connectivity index (χ4n) is 3.36. The van der Waals surface area contributed by atoms with Gasteiger partial charge in [-0.15, -0.1) is 0 Å². The van der Waals surface area contributed by atoms with Gasteiger partial charge in [0, 0.05) is 35.7 Å². The summed E-state index contributed by atoms with van der Waals surface area (Å²) in [6, 6.07) is 12.1. The Morgan fingerprint density at radius 1 is 1.06 bits per heavy atom. The molecule has 0 unspecified atom stereocenters. The molecule has 2 aromatic heterocycles. The SMILES string of the molecule is O=C(Cc1nsc2ccccc12)Nc1cc(F)c(Oc2ccnc(NC(=O)C3CC3)c2)cc1F. The van der Waals surface area contributed by atoms with Gasteiger partial charge in [0.25, 0.3) is 0 Å². The highest BCUT2D eigenvalue weighted by Gasteiger charge is 2.29. The zero-order valence-electron chi connectivity index (χ0n) is 17.7. The highest BCUT2D eigenvalue weighted by atomic mass is 32.1. The average molecular weight is 480 g/mol. The van der Waals surface area contributed by atoms with E-state index in [-0.39, 0.29) is 41.3 Å². The minimum Gasteiger partial charge on any atom is -0.454 e. The molecule has 1 saturated carbocycles. The largest absolute Gasteiger partial charge is 0.454 e. The van der Waals surface area contributed by atoms with E-state index in [1.807, 2.05) is 24.3 Å². The predicted molar refractivity (Wildman–Crippen MR) is 124 cm³/mol. The van der Waals surface area contributed by atoms with E-state index in [0.29, 0.717) is 5.69 Å². The number of nitrogens with zero attached hydrogens (tertiary/aromatic N) is 2. The molecule has 0 saturated heterocycles. The molecule has 4 aromatic rings. The van der Waals surface area contributed by atoms with E-state index in [2.05, 4.69) is 20.0 Å². The van der Waals surface area contributed by atoms with Gasteiger partial charge in [-0.2, -0.15) is 4.37 Å². The molecule has 0 spiro atoms. The third-order valence-electron chi connectivity index (χ3n) is 5.23. The Balaban J connectivity index is 1.27. The summed E-state index contributed by atoms with van der Waals surface area (Å²) >= 11 is 1.27. The molecule has 2 heterocycles. The van der Waals surface area contributed by atoms with Crippen molar-refractivity contribution < 1.29 is 23.1 Å². The fourth-order valence-corrected chi connectivity index (χ4v) is 4.15. The van der Waals surface area contributed by atoms with Crippen LogP contribution in [0.3, 0.4) is 0 Å². The number of ether oxygens (including phenoxy) is 1. The van der Waals surface area contributed by atoms with Crippen molar-refractivity contribution in [1.82, 2.24) is 9.36 Å². The van der Waals surface area contributed by atoms with Crippen molar-refractivity contribution in [1.29, 1.82) is 0 Å². The van der Waals surface area contributed by atoms with Crippen LogP contribution in [0, 0.1) is 17.6 Å². The van der Waals surface area contributed by atoms with Crippen LogP contribution < -0.4 is 15.4 Å². The Hall–Kier alpha value is -3.92. The number of hydrogen-bond donors (Lipinski definition) is 2. The smallest absolute Gasteiger partial charge is 0.230 e. The van der Waals surface area contributed by atoms with Crippen molar-refractivity contribution in [2.45, 2.75) is 19.3 Å². The van der Waals surface area contributed by atoms with E-state index in [9.17, 15) is 18.4 Å². The molecule has 2 N–H and O–H groups in total. The van der Waals surface area contributed by atoms with E-state index in [4.69, 9.17) is 4.74 Å². The summed E-state index contributed by atoms with van der Waals surface area (Å²) in [5, 5.41) is 5.91. The van der Waals surface area contributed by atoms with E-state index in [1.54, 1.807) is 0 Å². The number of anilines is 2. The lowest BCUT2D eigenvalue weighted by molar-refractivity contribution is -0.117. The maximum Gasteiger partial charge on any atom is 0.230 e. The number of hydrogen-bond acceptors (Lipinski definition) is 6. The van der Waals surface area contributed by atoms with Gasteiger partial charge in [-0.25, -0.2) is 13.8 Å². The Morgan fingerprint density at radius 2 is 1.88 bits per heavy atom. The number of amides is 2. The number of carbonyl (C=O) groups excluding carboxylic acids is 2. The second-order valence-corrected chi connectivity index (χ2v) is 8.66. The van der Waals surface area contributed by atoms with Crippen molar-refractivity contribution in [3.05, 3.63) is 72.1 Å². The first-order valence-electron chi connectivity index (χ1n) is 10.5. The monoisotopic (exact) mass is 480 g/mol. The standard InChI is InChI=1S/C24H18F2N4O3S/c25-16-11-20(33-14-7-8-27-22(9-14)29-24(32)13-5-6-13)17(26)10-19(16)28-23(31)12-18-15-3-1-2-4-21(15)34-30-18/h1-4,7-11,13H,5-6,12H2,(H,28,31)(H,27,29,32). The molecule has 1 aliphatic rings. The molecule has 2 amide bonds. The first-order chi connectivity index (χ1) is 16.5. The molecule has 1 aliphatic carbocycles. The third-order valence-corrected chi connectivity index (χ3v) is 6.10. The second-order valence-electron chi connectivity index (χ2n) is 7.86. The quantitative estimate of drug-likeness (QED) is 0.375. The third kappa shape index (κ3) is 4.86. The summed E-state index contributed by atoms with van der Waals surface area (Å²) in [5.74, 6) is -2.32.